The Labute approximate surface area is 106 Å². The summed E-state index contributed by atoms with van der Waals surface area (Å²) in [4.78, 5) is 1.84. The van der Waals surface area contributed by atoms with Crippen molar-refractivity contribution in [1.82, 2.24) is 9.57 Å². The van der Waals surface area contributed by atoms with Crippen LogP contribution in [-0.2, 0) is 4.74 Å². The largest absolute Gasteiger partial charge is 0.407 e. The Morgan fingerprint density at radius 1 is 1.59 bits per heavy atom. The van der Waals surface area contributed by atoms with E-state index >= 15 is 0 Å². The van der Waals surface area contributed by atoms with Gasteiger partial charge >= 0.3 is 5.17 Å². The van der Waals surface area contributed by atoms with Crippen LogP contribution in [0, 0.1) is 0 Å². The van der Waals surface area contributed by atoms with Gasteiger partial charge in [0.15, 0.2) is 6.72 Å². The van der Waals surface area contributed by atoms with Crippen molar-refractivity contribution in [3.05, 3.63) is 0 Å². The van der Waals surface area contributed by atoms with Gasteiger partial charge in [-0.15, -0.1) is 0 Å². The fourth-order valence-electron chi connectivity index (χ4n) is 1.73. The third-order valence-electron chi connectivity index (χ3n) is 2.53. The van der Waals surface area contributed by atoms with Crippen molar-refractivity contribution in [2.24, 2.45) is 0 Å². The number of halogens is 1. The van der Waals surface area contributed by atoms with Crippen molar-refractivity contribution in [2.45, 2.75) is 36.9 Å². The molecular weight excluding hydrogens is 243 g/mol. The smallest absolute Gasteiger partial charge is 0.393 e. The quantitative estimate of drug-likeness (QED) is 0.461. The second-order valence-electron chi connectivity index (χ2n) is 4.24. The lowest BCUT2D eigenvalue weighted by Crippen LogP contribution is -2.36. The van der Waals surface area contributed by atoms with E-state index in [1.807, 2.05) is 19.0 Å². The molecule has 0 spiro atoms. The Morgan fingerprint density at radius 2 is 2.29 bits per heavy atom. The number of nitrogens with zero attached hydrogens (tertiary/aromatic N) is 2. The maximum absolute atomic E-state index is 12.3. The molecule has 1 N–H and O–H groups in total. The minimum atomic E-state index is -0.425. The van der Waals surface area contributed by atoms with Crippen LogP contribution in [0.25, 0.3) is 0 Å². The number of rotatable bonds is 3. The summed E-state index contributed by atoms with van der Waals surface area (Å²) in [5.74, 6) is 0. The first kappa shape index (κ1) is 14.5. The molecule has 0 aromatic heterocycles. The van der Waals surface area contributed by atoms with Gasteiger partial charge in [0.1, 0.15) is 5.44 Å². The molecule has 0 radical (unpaired) electrons. The summed E-state index contributed by atoms with van der Waals surface area (Å²) in [6.45, 7) is 3.08. The molecule has 0 aromatic carbocycles. The summed E-state index contributed by atoms with van der Waals surface area (Å²) in [6, 6.07) is 0. The molecule has 3 unspecified atom stereocenters. The Balaban J connectivity index is 2.55. The van der Waals surface area contributed by atoms with E-state index in [9.17, 15) is 9.50 Å². The van der Waals surface area contributed by atoms with Crippen LogP contribution in [0.15, 0.2) is 0 Å². The van der Waals surface area contributed by atoms with E-state index < -0.39 is 12.8 Å². The zero-order valence-electron chi connectivity index (χ0n) is 10.3. The van der Waals surface area contributed by atoms with Crippen molar-refractivity contribution in [3.63, 3.8) is 0 Å². The Kier molecular flexibility index (Phi) is 5.98. The molecule has 98 valence electrons. The van der Waals surface area contributed by atoms with Crippen molar-refractivity contribution in [1.29, 1.82) is 0 Å². The van der Waals surface area contributed by atoms with Crippen LogP contribution in [0.3, 0.4) is 0 Å². The minimum absolute atomic E-state index is 0.182. The second kappa shape index (κ2) is 7.01. The Morgan fingerprint density at radius 3 is 2.82 bits per heavy atom. The van der Waals surface area contributed by atoms with E-state index in [0.29, 0.717) is 19.3 Å². The number of hydrogen-bond acceptors (Lipinski definition) is 3. The summed E-state index contributed by atoms with van der Waals surface area (Å²) in [5, 5.41) is 10.5. The van der Waals surface area contributed by atoms with E-state index in [2.05, 4.69) is 11.4 Å². The standard InChI is InChI=1S/C11H20FN2O2S/c1-13-11(14(2)3)17-10-7-8(15)6-9(16-10)4-5-12/h8-10,15H,1,4-7H2,2-3H3/q+1. The van der Waals surface area contributed by atoms with Gasteiger partial charge in [0.25, 0.3) is 0 Å². The highest BCUT2D eigenvalue weighted by atomic mass is 32.2. The summed E-state index contributed by atoms with van der Waals surface area (Å²) in [6.07, 6.45) is 0.771. The van der Waals surface area contributed by atoms with Crippen LogP contribution < -0.4 is 4.67 Å². The third kappa shape index (κ3) is 4.68. The predicted molar refractivity (Wildman–Crippen MR) is 70.0 cm³/mol. The molecule has 0 amide bonds. The molecule has 0 saturated carbocycles. The second-order valence-corrected chi connectivity index (χ2v) is 5.37. The first-order valence-corrected chi connectivity index (χ1v) is 6.52. The summed E-state index contributed by atoms with van der Waals surface area (Å²) in [7, 11) is 3.74. The lowest BCUT2D eigenvalue weighted by Gasteiger charge is -2.31. The minimum Gasteiger partial charge on any atom is -0.393 e. The zero-order chi connectivity index (χ0) is 12.8. The number of aliphatic hydroxyl groups excluding tert-OH is 1. The number of hydrogen-bond donors (Lipinski definition) is 1. The Bertz CT molecular complexity index is 295. The monoisotopic (exact) mass is 263 g/mol. The molecule has 17 heavy (non-hydrogen) atoms. The summed E-state index contributed by atoms with van der Waals surface area (Å²) in [5.41, 5.74) is -0.182. The highest BCUT2D eigenvalue weighted by molar-refractivity contribution is 8.14. The first-order chi connectivity index (χ1) is 8.06. The molecule has 4 nitrogen and oxygen atoms in total. The summed E-state index contributed by atoms with van der Waals surface area (Å²) < 4.78 is 21.9. The van der Waals surface area contributed by atoms with E-state index in [0.717, 1.165) is 5.17 Å². The van der Waals surface area contributed by atoms with E-state index in [-0.39, 0.29) is 11.5 Å². The van der Waals surface area contributed by atoms with Gasteiger partial charge in [0.2, 0.25) is 0 Å². The molecule has 1 heterocycles. The van der Waals surface area contributed by atoms with Crippen molar-refractivity contribution in [3.8, 4) is 0 Å². The lowest BCUT2D eigenvalue weighted by atomic mass is 10.0. The topological polar surface area (TPSA) is 46.8 Å². The zero-order valence-corrected chi connectivity index (χ0v) is 11.1. The van der Waals surface area contributed by atoms with Crippen LogP contribution in [0.4, 0.5) is 4.39 Å². The molecular formula is C11H20FN2O2S+. The van der Waals surface area contributed by atoms with Gasteiger partial charge < -0.3 is 9.84 Å². The van der Waals surface area contributed by atoms with Gasteiger partial charge in [-0.1, -0.05) is 0 Å². The number of alkyl halides is 1. The maximum atomic E-state index is 12.3. The highest BCUT2D eigenvalue weighted by Crippen LogP contribution is 2.29. The molecule has 1 rings (SSSR count). The van der Waals surface area contributed by atoms with Gasteiger partial charge in [0.05, 0.1) is 33.0 Å². The molecule has 1 aliphatic heterocycles. The van der Waals surface area contributed by atoms with E-state index in [4.69, 9.17) is 4.74 Å². The van der Waals surface area contributed by atoms with Crippen LogP contribution in [0.2, 0.25) is 0 Å². The van der Waals surface area contributed by atoms with Crippen LogP contribution in [0.1, 0.15) is 19.3 Å². The van der Waals surface area contributed by atoms with Crippen LogP contribution >= 0.6 is 11.8 Å². The predicted octanol–water partition coefficient (Wildman–Crippen LogP) is 0.631. The van der Waals surface area contributed by atoms with Gasteiger partial charge in [0, 0.05) is 24.6 Å². The van der Waals surface area contributed by atoms with Crippen LogP contribution in [0.5, 0.6) is 0 Å². The number of amidine groups is 1. The molecule has 1 aliphatic rings. The van der Waals surface area contributed by atoms with Crippen molar-refractivity contribution in [2.75, 3.05) is 20.8 Å². The SMILES string of the molecule is C=[N+]=C(SC1CC(O)CC(CCF)O1)N(C)C. The third-order valence-corrected chi connectivity index (χ3v) is 3.80. The molecule has 6 heteroatoms. The molecule has 1 fully saturated rings. The fraction of sp³-hybridized carbons (Fsp3) is 0.818. The average Bonchev–Trinajstić information content (AvgIpc) is 2.25. The van der Waals surface area contributed by atoms with E-state index in [1.165, 1.54) is 11.8 Å². The van der Waals surface area contributed by atoms with E-state index in [1.54, 1.807) is 0 Å². The van der Waals surface area contributed by atoms with Gasteiger partial charge in [-0.2, -0.15) is 0 Å². The molecule has 1 saturated heterocycles. The van der Waals surface area contributed by atoms with Crippen molar-refractivity contribution < 1.29 is 14.2 Å². The molecule has 0 aliphatic carbocycles. The highest BCUT2D eigenvalue weighted by Gasteiger charge is 2.32. The normalized spacial score (nSPS) is 28.6. The fourth-order valence-corrected chi connectivity index (χ4v) is 2.78. The first-order valence-electron chi connectivity index (χ1n) is 5.64. The maximum Gasteiger partial charge on any atom is 0.407 e. The number of aliphatic hydroxyl groups is 1. The molecule has 0 aromatic rings. The van der Waals surface area contributed by atoms with Crippen molar-refractivity contribution >= 4 is 23.6 Å². The summed E-state index contributed by atoms with van der Waals surface area (Å²) >= 11 is 1.42. The number of ether oxygens (including phenoxy) is 1. The average molecular weight is 263 g/mol. The molecule has 3 atom stereocenters. The lowest BCUT2D eigenvalue weighted by molar-refractivity contribution is -0.0630. The van der Waals surface area contributed by atoms with Gasteiger partial charge in [-0.3, -0.25) is 4.39 Å². The molecule has 0 bridgehead atoms. The van der Waals surface area contributed by atoms with Gasteiger partial charge in [-0.25, -0.2) is 9.57 Å². The number of thioether (sulfide) groups is 1. The van der Waals surface area contributed by atoms with Gasteiger partial charge in [-0.05, 0) is 6.42 Å². The Hall–Kier alpha value is -0.550. The van der Waals surface area contributed by atoms with Crippen LogP contribution in [-0.4, -0.2) is 60.3 Å².